The number of hydrogen-bond donors (Lipinski definition) is 0. The van der Waals surface area contributed by atoms with Gasteiger partial charge in [-0.2, -0.15) is 9.94 Å². The van der Waals surface area contributed by atoms with Crippen molar-refractivity contribution in [2.45, 2.75) is 5.03 Å². The molecule has 6 nitrogen and oxygen atoms in total. The maximum Gasteiger partial charge on any atom is 0.187 e. The first-order chi connectivity index (χ1) is 9.79. The Morgan fingerprint density at radius 3 is 2.80 bits per heavy atom. The molecule has 8 heteroatoms. The van der Waals surface area contributed by atoms with Crippen LogP contribution < -0.4 is 0 Å². The fourth-order valence-electron chi connectivity index (χ4n) is 1.69. The number of benzene rings is 1. The van der Waals surface area contributed by atoms with Crippen molar-refractivity contribution in [3.05, 3.63) is 36.4 Å². The minimum Gasteiger partial charge on any atom is -0.227 e. The van der Waals surface area contributed by atoms with Crippen LogP contribution in [-0.2, 0) is 0 Å². The van der Waals surface area contributed by atoms with Crippen LogP contribution in [0.2, 0.25) is 0 Å². The number of hydrogen-bond acceptors (Lipinski definition) is 6. The lowest BCUT2D eigenvalue weighted by molar-refractivity contribution is 0.627. The standard InChI is InChI=1S/C12H7FN6S/c13-8-1-3-9(4-2-8)19-11-10(17-18-19)12(16-7-15-11)20-6-5-14/h1-4,7H,6H2. The maximum atomic E-state index is 12.9. The molecule has 2 heterocycles. The van der Waals surface area contributed by atoms with Gasteiger partial charge in [-0.25, -0.2) is 14.4 Å². The lowest BCUT2D eigenvalue weighted by Gasteiger charge is -2.01. The van der Waals surface area contributed by atoms with Crippen molar-refractivity contribution >= 4 is 22.9 Å². The van der Waals surface area contributed by atoms with Gasteiger partial charge in [0.15, 0.2) is 11.2 Å². The number of fused-ring (bicyclic) bond motifs is 1. The second-order valence-electron chi connectivity index (χ2n) is 3.78. The summed E-state index contributed by atoms with van der Waals surface area (Å²) in [5, 5.41) is 17.3. The number of nitrogens with zero attached hydrogens (tertiary/aromatic N) is 6. The van der Waals surface area contributed by atoms with Crippen LogP contribution in [-0.4, -0.2) is 30.7 Å². The fraction of sp³-hybridized carbons (Fsp3) is 0.0833. The van der Waals surface area contributed by atoms with Crippen LogP contribution in [0.25, 0.3) is 16.9 Å². The van der Waals surface area contributed by atoms with Gasteiger partial charge in [0, 0.05) is 0 Å². The Morgan fingerprint density at radius 2 is 2.05 bits per heavy atom. The van der Waals surface area contributed by atoms with Crippen molar-refractivity contribution in [1.82, 2.24) is 25.0 Å². The van der Waals surface area contributed by atoms with E-state index in [2.05, 4.69) is 20.3 Å². The number of halogens is 1. The summed E-state index contributed by atoms with van der Waals surface area (Å²) in [6.07, 6.45) is 1.39. The molecule has 1 aromatic carbocycles. The highest BCUT2D eigenvalue weighted by Crippen LogP contribution is 2.23. The number of rotatable bonds is 3. The van der Waals surface area contributed by atoms with Crippen molar-refractivity contribution in [1.29, 1.82) is 5.26 Å². The molecule has 0 aliphatic carbocycles. The molecule has 3 rings (SSSR count). The average Bonchev–Trinajstić information content (AvgIpc) is 2.90. The smallest absolute Gasteiger partial charge is 0.187 e. The van der Waals surface area contributed by atoms with Crippen LogP contribution in [0.5, 0.6) is 0 Å². The molecule has 0 saturated carbocycles. The molecular weight excluding hydrogens is 279 g/mol. The Balaban J connectivity index is 2.10. The Labute approximate surface area is 117 Å². The van der Waals surface area contributed by atoms with Crippen LogP contribution in [0.1, 0.15) is 0 Å². The monoisotopic (exact) mass is 286 g/mol. The van der Waals surface area contributed by atoms with Crippen LogP contribution in [0.3, 0.4) is 0 Å². The van der Waals surface area contributed by atoms with Gasteiger partial charge < -0.3 is 0 Å². The zero-order valence-corrected chi connectivity index (χ0v) is 10.9. The van der Waals surface area contributed by atoms with Crippen molar-refractivity contribution < 1.29 is 4.39 Å². The maximum absolute atomic E-state index is 12.9. The van der Waals surface area contributed by atoms with Crippen LogP contribution in [0.15, 0.2) is 35.6 Å². The van der Waals surface area contributed by atoms with Gasteiger partial charge in [-0.1, -0.05) is 17.0 Å². The molecule has 0 radical (unpaired) electrons. The first-order valence-electron chi connectivity index (χ1n) is 5.61. The van der Waals surface area contributed by atoms with E-state index in [1.807, 2.05) is 6.07 Å². The molecule has 0 fully saturated rings. The second-order valence-corrected chi connectivity index (χ2v) is 4.74. The third-order valence-corrected chi connectivity index (χ3v) is 3.39. The van der Waals surface area contributed by atoms with E-state index in [0.717, 1.165) is 0 Å². The van der Waals surface area contributed by atoms with E-state index in [-0.39, 0.29) is 11.6 Å². The molecule has 0 amide bonds. The van der Waals surface area contributed by atoms with Gasteiger partial charge in [0.25, 0.3) is 0 Å². The minimum absolute atomic E-state index is 0.273. The molecule has 20 heavy (non-hydrogen) atoms. The molecule has 0 saturated heterocycles. The molecule has 0 aliphatic rings. The van der Waals surface area contributed by atoms with Gasteiger partial charge in [0.2, 0.25) is 0 Å². The van der Waals surface area contributed by atoms with E-state index in [4.69, 9.17) is 5.26 Å². The molecule has 2 aromatic heterocycles. The Kier molecular flexibility index (Phi) is 3.26. The molecule has 0 atom stereocenters. The summed E-state index contributed by atoms with van der Waals surface area (Å²) in [6, 6.07) is 7.90. The molecule has 0 aliphatic heterocycles. The minimum atomic E-state index is -0.321. The number of thioether (sulfide) groups is 1. The summed E-state index contributed by atoms with van der Waals surface area (Å²) in [6.45, 7) is 0. The van der Waals surface area contributed by atoms with Gasteiger partial charge in [0.1, 0.15) is 17.2 Å². The first-order valence-corrected chi connectivity index (χ1v) is 6.60. The highest BCUT2D eigenvalue weighted by molar-refractivity contribution is 7.99. The Morgan fingerprint density at radius 1 is 1.25 bits per heavy atom. The summed E-state index contributed by atoms with van der Waals surface area (Å²) in [7, 11) is 0. The summed E-state index contributed by atoms with van der Waals surface area (Å²) >= 11 is 1.27. The topological polar surface area (TPSA) is 80.3 Å². The average molecular weight is 286 g/mol. The third kappa shape index (κ3) is 2.19. The molecule has 0 bridgehead atoms. The zero-order chi connectivity index (χ0) is 13.9. The normalized spacial score (nSPS) is 10.6. The van der Waals surface area contributed by atoms with E-state index in [1.165, 1.54) is 34.9 Å². The highest BCUT2D eigenvalue weighted by Gasteiger charge is 2.13. The van der Waals surface area contributed by atoms with E-state index in [0.29, 0.717) is 21.9 Å². The van der Waals surface area contributed by atoms with Crippen molar-refractivity contribution in [3.63, 3.8) is 0 Å². The van der Waals surface area contributed by atoms with Gasteiger partial charge in [-0.15, -0.1) is 5.10 Å². The predicted molar refractivity (Wildman–Crippen MR) is 70.8 cm³/mol. The first kappa shape index (κ1) is 12.5. The Hall–Kier alpha value is -2.53. The molecule has 0 N–H and O–H groups in total. The summed E-state index contributed by atoms with van der Waals surface area (Å²) in [5.41, 5.74) is 1.70. The van der Waals surface area contributed by atoms with E-state index >= 15 is 0 Å². The zero-order valence-electron chi connectivity index (χ0n) is 10.1. The van der Waals surface area contributed by atoms with Gasteiger partial charge >= 0.3 is 0 Å². The second kappa shape index (κ2) is 5.22. The number of nitriles is 1. The van der Waals surface area contributed by atoms with Crippen LogP contribution >= 0.6 is 11.8 Å². The predicted octanol–water partition coefficient (Wildman–Crippen LogP) is 1.97. The van der Waals surface area contributed by atoms with Crippen LogP contribution in [0.4, 0.5) is 4.39 Å². The van der Waals surface area contributed by atoms with Gasteiger partial charge in [0.05, 0.1) is 17.5 Å². The lowest BCUT2D eigenvalue weighted by Crippen LogP contribution is -1.98. The largest absolute Gasteiger partial charge is 0.227 e. The van der Waals surface area contributed by atoms with Crippen LogP contribution in [0, 0.1) is 17.1 Å². The van der Waals surface area contributed by atoms with E-state index in [9.17, 15) is 4.39 Å². The number of aromatic nitrogens is 5. The fourth-order valence-corrected chi connectivity index (χ4v) is 2.28. The third-order valence-electron chi connectivity index (χ3n) is 2.55. The molecule has 3 aromatic rings. The van der Waals surface area contributed by atoms with Crippen molar-refractivity contribution in [3.8, 4) is 11.8 Å². The summed E-state index contributed by atoms with van der Waals surface area (Å²) < 4.78 is 14.4. The molecule has 0 spiro atoms. The van der Waals surface area contributed by atoms with E-state index in [1.54, 1.807) is 12.1 Å². The van der Waals surface area contributed by atoms with Gasteiger partial charge in [-0.05, 0) is 24.3 Å². The Bertz CT molecular complexity index is 792. The SMILES string of the molecule is N#CCSc1ncnc2c1nnn2-c1ccc(F)cc1. The van der Waals surface area contributed by atoms with Gasteiger partial charge in [-0.3, -0.25) is 0 Å². The summed E-state index contributed by atoms with van der Waals surface area (Å²) in [4.78, 5) is 8.24. The lowest BCUT2D eigenvalue weighted by atomic mass is 10.3. The highest BCUT2D eigenvalue weighted by atomic mass is 32.2. The quantitative estimate of drug-likeness (QED) is 0.541. The van der Waals surface area contributed by atoms with Crippen molar-refractivity contribution in [2.75, 3.05) is 5.75 Å². The molecular formula is C12H7FN6S. The molecule has 0 unspecified atom stereocenters. The van der Waals surface area contributed by atoms with Crippen molar-refractivity contribution in [2.24, 2.45) is 0 Å². The van der Waals surface area contributed by atoms with E-state index < -0.39 is 0 Å². The summed E-state index contributed by atoms with van der Waals surface area (Å²) in [5.74, 6) is -0.0479. The molecule has 98 valence electrons.